The number of nitrogens with one attached hydrogen (secondary N) is 1. The van der Waals surface area contributed by atoms with Gasteiger partial charge in [-0.2, -0.15) is 0 Å². The first kappa shape index (κ1) is 25.5. The topological polar surface area (TPSA) is 38.3 Å². The van der Waals surface area contributed by atoms with Gasteiger partial charge in [0.2, 0.25) is 5.91 Å². The van der Waals surface area contributed by atoms with E-state index in [1.807, 2.05) is 61.5 Å². The van der Waals surface area contributed by atoms with Crippen LogP contribution in [0, 0.1) is 19.3 Å². The number of rotatable bonds is 11. The molecule has 3 heteroatoms. The summed E-state index contributed by atoms with van der Waals surface area (Å²) >= 11 is 0. The second-order valence-corrected chi connectivity index (χ2v) is 9.93. The average molecular weight is 456 g/mol. The molecule has 178 valence electrons. The van der Waals surface area contributed by atoms with E-state index in [1.165, 1.54) is 11.1 Å². The molecule has 0 saturated carbocycles. The summed E-state index contributed by atoms with van der Waals surface area (Å²) in [5.74, 6) is -0.536. The molecule has 1 N–H and O–H groups in total. The van der Waals surface area contributed by atoms with Crippen molar-refractivity contribution in [3.63, 3.8) is 0 Å². The highest BCUT2D eigenvalue weighted by molar-refractivity contribution is 5.84. The molecule has 0 spiro atoms. The molecule has 0 unspecified atom stereocenters. The van der Waals surface area contributed by atoms with Crippen LogP contribution in [0.4, 0.5) is 0 Å². The summed E-state index contributed by atoms with van der Waals surface area (Å²) in [6, 6.07) is 26.6. The van der Waals surface area contributed by atoms with Crippen molar-refractivity contribution in [1.29, 1.82) is 0 Å². The Morgan fingerprint density at radius 3 is 2.26 bits per heavy atom. The van der Waals surface area contributed by atoms with E-state index >= 15 is 0 Å². The number of carbonyl (C=O) groups is 1. The molecule has 0 aliphatic carbocycles. The second-order valence-electron chi connectivity index (χ2n) is 9.93. The fourth-order valence-corrected chi connectivity index (χ4v) is 4.21. The third-order valence-electron chi connectivity index (χ3n) is 6.02. The van der Waals surface area contributed by atoms with E-state index in [2.05, 4.69) is 56.9 Å². The largest absolute Gasteiger partial charge is 0.372 e. The summed E-state index contributed by atoms with van der Waals surface area (Å²) in [5, 5.41) is 3.10. The second kappa shape index (κ2) is 11.8. The van der Waals surface area contributed by atoms with Gasteiger partial charge in [0.05, 0.1) is 18.6 Å². The first-order valence-corrected chi connectivity index (χ1v) is 12.0. The van der Waals surface area contributed by atoms with Gasteiger partial charge in [0.15, 0.2) is 0 Å². The zero-order valence-corrected chi connectivity index (χ0v) is 20.9. The molecule has 0 saturated heterocycles. The molecule has 3 aromatic carbocycles. The fraction of sp³-hybridized carbons (Fsp3) is 0.323. The van der Waals surface area contributed by atoms with Gasteiger partial charge in [-0.05, 0) is 42.4 Å². The predicted octanol–water partition coefficient (Wildman–Crippen LogP) is 6.54. The van der Waals surface area contributed by atoms with Crippen LogP contribution in [0.5, 0.6) is 0 Å². The van der Waals surface area contributed by atoms with Crippen LogP contribution in [0.25, 0.3) is 0 Å². The highest BCUT2D eigenvalue weighted by atomic mass is 16.5. The molecule has 3 rings (SSSR count). The highest BCUT2D eigenvalue weighted by Crippen LogP contribution is 2.28. The number of hydrogen-bond donors (Lipinski definition) is 1. The Bertz CT molecular complexity index is 1070. The normalized spacial score (nSPS) is 13.2. The number of hydrogen-bond acceptors (Lipinski definition) is 2. The van der Waals surface area contributed by atoms with Crippen LogP contribution in [0.15, 0.2) is 91.5 Å². The van der Waals surface area contributed by atoms with Crippen LogP contribution >= 0.6 is 0 Å². The molecule has 0 radical (unpaired) electrons. The quantitative estimate of drug-likeness (QED) is 0.333. The first-order valence-electron chi connectivity index (χ1n) is 12.0. The van der Waals surface area contributed by atoms with Crippen LogP contribution in [0.2, 0.25) is 0 Å². The molecule has 3 nitrogen and oxygen atoms in total. The Hall–Kier alpha value is -3.17. The predicted molar refractivity (Wildman–Crippen MR) is 141 cm³/mol. The number of benzene rings is 3. The highest BCUT2D eigenvalue weighted by Gasteiger charge is 2.31. The Kier molecular flexibility index (Phi) is 8.84. The summed E-state index contributed by atoms with van der Waals surface area (Å²) in [6.45, 7) is 13.6. The average Bonchev–Trinajstić information content (AvgIpc) is 2.81. The van der Waals surface area contributed by atoms with Crippen LogP contribution in [-0.2, 0) is 22.5 Å². The van der Waals surface area contributed by atoms with E-state index in [-0.39, 0.29) is 11.3 Å². The van der Waals surface area contributed by atoms with Gasteiger partial charge in [-0.3, -0.25) is 4.79 Å². The van der Waals surface area contributed by atoms with Gasteiger partial charge in [0.1, 0.15) is 0 Å². The summed E-state index contributed by atoms with van der Waals surface area (Å²) < 4.78 is 6.40. The lowest BCUT2D eigenvalue weighted by molar-refractivity contribution is -0.126. The molecular weight excluding hydrogens is 418 g/mol. The maximum absolute atomic E-state index is 13.4. The van der Waals surface area contributed by atoms with E-state index in [0.717, 1.165) is 23.1 Å². The minimum absolute atomic E-state index is 0.0610. The van der Waals surface area contributed by atoms with Crippen molar-refractivity contribution in [2.45, 2.75) is 52.7 Å². The molecule has 1 amide bonds. The van der Waals surface area contributed by atoms with Crippen molar-refractivity contribution >= 4 is 5.91 Å². The van der Waals surface area contributed by atoms with Crippen molar-refractivity contribution in [2.75, 3.05) is 6.61 Å². The molecule has 0 aliphatic heterocycles. The standard InChI is InChI=1S/C31H37NO2/c1-6-28(34-22-31(4,5)20-26-14-10-11-24(3)19-26)29(27-17-15-23(2)16-18-27)30(33)32-21-25-12-8-7-9-13-25/h6-19,28-29H,1,20-22H2,2-5H3,(H,32,33)/t28-,29-/m1/s1. The summed E-state index contributed by atoms with van der Waals surface area (Å²) in [5.41, 5.74) is 5.61. The molecule has 0 aromatic heterocycles. The summed E-state index contributed by atoms with van der Waals surface area (Å²) in [7, 11) is 0. The molecule has 2 atom stereocenters. The van der Waals surface area contributed by atoms with Crippen molar-refractivity contribution < 1.29 is 9.53 Å². The third kappa shape index (κ3) is 7.43. The minimum atomic E-state index is -0.475. The first-order chi connectivity index (χ1) is 16.3. The van der Waals surface area contributed by atoms with E-state index < -0.39 is 12.0 Å². The van der Waals surface area contributed by atoms with Crippen molar-refractivity contribution in [1.82, 2.24) is 5.32 Å². The zero-order chi connectivity index (χ0) is 24.6. The molecule has 3 aromatic rings. The van der Waals surface area contributed by atoms with E-state index in [0.29, 0.717) is 13.2 Å². The van der Waals surface area contributed by atoms with Gasteiger partial charge in [-0.1, -0.05) is 110 Å². The van der Waals surface area contributed by atoms with Gasteiger partial charge in [-0.15, -0.1) is 6.58 Å². The molecule has 0 fully saturated rings. The number of carbonyl (C=O) groups excluding carboxylic acids is 1. The van der Waals surface area contributed by atoms with Crippen LogP contribution < -0.4 is 5.32 Å². The van der Waals surface area contributed by atoms with Crippen molar-refractivity contribution in [3.8, 4) is 0 Å². The van der Waals surface area contributed by atoms with Crippen LogP contribution in [0.3, 0.4) is 0 Å². The number of amides is 1. The lowest BCUT2D eigenvalue weighted by atomic mass is 9.85. The van der Waals surface area contributed by atoms with Crippen LogP contribution in [0.1, 0.15) is 47.6 Å². The number of aryl methyl sites for hydroxylation is 2. The van der Waals surface area contributed by atoms with Gasteiger partial charge < -0.3 is 10.1 Å². The Balaban J connectivity index is 1.75. The number of ether oxygens (including phenoxy) is 1. The molecular formula is C31H37NO2. The molecule has 34 heavy (non-hydrogen) atoms. The third-order valence-corrected chi connectivity index (χ3v) is 6.02. The molecule has 0 aliphatic rings. The smallest absolute Gasteiger partial charge is 0.230 e. The minimum Gasteiger partial charge on any atom is -0.372 e. The SMILES string of the molecule is C=C[C@@H](OCC(C)(C)Cc1cccc(C)c1)[C@H](C(=O)NCc1ccccc1)c1ccc(C)cc1. The lowest BCUT2D eigenvalue weighted by Gasteiger charge is -2.30. The van der Waals surface area contributed by atoms with E-state index in [1.54, 1.807) is 6.08 Å². The summed E-state index contributed by atoms with van der Waals surface area (Å²) in [4.78, 5) is 13.4. The maximum atomic E-state index is 13.4. The monoisotopic (exact) mass is 455 g/mol. The Morgan fingerprint density at radius 2 is 1.62 bits per heavy atom. The Labute approximate surface area is 204 Å². The van der Waals surface area contributed by atoms with Gasteiger partial charge in [-0.25, -0.2) is 0 Å². The maximum Gasteiger partial charge on any atom is 0.230 e. The van der Waals surface area contributed by atoms with Crippen LogP contribution in [-0.4, -0.2) is 18.6 Å². The van der Waals surface area contributed by atoms with Crippen molar-refractivity contribution in [2.24, 2.45) is 5.41 Å². The van der Waals surface area contributed by atoms with E-state index in [9.17, 15) is 4.79 Å². The fourth-order valence-electron chi connectivity index (χ4n) is 4.21. The van der Waals surface area contributed by atoms with Crippen molar-refractivity contribution in [3.05, 3.63) is 119 Å². The van der Waals surface area contributed by atoms with Gasteiger partial charge >= 0.3 is 0 Å². The Morgan fingerprint density at radius 1 is 0.941 bits per heavy atom. The summed E-state index contributed by atoms with van der Waals surface area (Å²) in [6.07, 6.45) is 2.22. The zero-order valence-electron chi connectivity index (χ0n) is 20.9. The van der Waals surface area contributed by atoms with Gasteiger partial charge in [0.25, 0.3) is 0 Å². The lowest BCUT2D eigenvalue weighted by Crippen LogP contribution is -2.37. The van der Waals surface area contributed by atoms with Gasteiger partial charge in [0, 0.05) is 6.54 Å². The molecule has 0 bridgehead atoms. The molecule has 0 heterocycles. The van der Waals surface area contributed by atoms with E-state index in [4.69, 9.17) is 4.74 Å².